The predicted molar refractivity (Wildman–Crippen MR) is 133 cm³/mol. The summed E-state index contributed by atoms with van der Waals surface area (Å²) < 4.78 is 1.73. The van der Waals surface area contributed by atoms with E-state index in [-0.39, 0.29) is 12.5 Å². The number of carbonyl (C=O) groups excluding carboxylic acids is 1. The van der Waals surface area contributed by atoms with Crippen molar-refractivity contribution in [2.45, 2.75) is 20.4 Å². The maximum atomic E-state index is 13.2. The molecule has 2 aromatic carbocycles. The molecule has 5 aromatic rings. The Kier molecular flexibility index (Phi) is 6.09. The van der Waals surface area contributed by atoms with Gasteiger partial charge in [0.2, 0.25) is 0 Å². The van der Waals surface area contributed by atoms with Crippen molar-refractivity contribution in [3.8, 4) is 28.3 Å². The molecule has 0 saturated heterocycles. The Morgan fingerprint density at radius 1 is 0.857 bits per heavy atom. The number of hydrogen-bond acceptors (Lipinski definition) is 6. The minimum atomic E-state index is -0.232. The fourth-order valence-corrected chi connectivity index (χ4v) is 3.65. The van der Waals surface area contributed by atoms with Crippen molar-refractivity contribution in [3.05, 3.63) is 108 Å². The van der Waals surface area contributed by atoms with Gasteiger partial charge >= 0.3 is 0 Å². The molecule has 0 spiro atoms. The minimum Gasteiger partial charge on any atom is -0.346 e. The lowest BCUT2D eigenvalue weighted by Crippen LogP contribution is -2.23. The van der Waals surface area contributed by atoms with Crippen LogP contribution in [0.15, 0.2) is 85.6 Å². The van der Waals surface area contributed by atoms with Crippen LogP contribution in [0.2, 0.25) is 0 Å². The Balaban J connectivity index is 1.54. The van der Waals surface area contributed by atoms with Crippen molar-refractivity contribution >= 4 is 5.91 Å². The number of nitrogens with one attached hydrogen (secondary N) is 1. The van der Waals surface area contributed by atoms with Crippen molar-refractivity contribution in [3.63, 3.8) is 0 Å². The summed E-state index contributed by atoms with van der Waals surface area (Å²) in [5, 5.41) is 7.38. The van der Waals surface area contributed by atoms with Gasteiger partial charge in [-0.25, -0.2) is 9.67 Å². The summed E-state index contributed by atoms with van der Waals surface area (Å²) >= 11 is 0. The molecule has 0 aliphatic heterocycles. The summed E-state index contributed by atoms with van der Waals surface area (Å²) in [6.07, 6.45) is 6.66. The average molecular weight is 462 g/mol. The van der Waals surface area contributed by atoms with Crippen LogP contribution in [0, 0.1) is 13.8 Å². The monoisotopic (exact) mass is 461 g/mol. The average Bonchev–Trinajstić information content (AvgIpc) is 3.39. The Hall–Kier alpha value is -4.72. The smallest absolute Gasteiger partial charge is 0.251 e. The number of rotatable bonds is 6. The van der Waals surface area contributed by atoms with E-state index in [4.69, 9.17) is 0 Å². The molecular weight excluding hydrogens is 438 g/mol. The third-order valence-corrected chi connectivity index (χ3v) is 5.48. The molecule has 1 amide bonds. The Bertz CT molecular complexity index is 1460. The van der Waals surface area contributed by atoms with Crippen LogP contribution in [0.1, 0.15) is 27.3 Å². The Morgan fingerprint density at radius 3 is 2.46 bits per heavy atom. The fourth-order valence-electron chi connectivity index (χ4n) is 3.65. The van der Waals surface area contributed by atoms with E-state index < -0.39 is 0 Å². The van der Waals surface area contributed by atoms with Gasteiger partial charge in [0.15, 0.2) is 5.82 Å². The van der Waals surface area contributed by atoms with Crippen LogP contribution in [0.5, 0.6) is 0 Å². The molecule has 0 radical (unpaired) electrons. The first-order valence-corrected chi connectivity index (χ1v) is 11.2. The predicted octanol–water partition coefficient (Wildman–Crippen LogP) is 4.33. The maximum Gasteiger partial charge on any atom is 0.251 e. The molecule has 0 aliphatic carbocycles. The van der Waals surface area contributed by atoms with E-state index in [1.54, 1.807) is 23.1 Å². The van der Waals surface area contributed by atoms with Crippen LogP contribution in [0.3, 0.4) is 0 Å². The summed E-state index contributed by atoms with van der Waals surface area (Å²) in [5.41, 5.74) is 6.25. The molecule has 8 heteroatoms. The maximum absolute atomic E-state index is 13.2. The molecule has 3 heterocycles. The third kappa shape index (κ3) is 4.96. The standard InChI is InChI=1S/C27H23N7O/c1-18-8-9-25(30-13-18)21-10-22(27(35)31-16-23-15-28-19(2)14-29-23)12-24(11-21)34-26(32-17-33-34)20-6-4-3-5-7-20/h3-15,17H,16H2,1-2H3,(H,31,35). The zero-order chi connectivity index (χ0) is 24.2. The van der Waals surface area contributed by atoms with Gasteiger partial charge < -0.3 is 5.32 Å². The van der Waals surface area contributed by atoms with Crippen molar-refractivity contribution in [2.75, 3.05) is 0 Å². The molecule has 0 bridgehead atoms. The highest BCUT2D eigenvalue weighted by Gasteiger charge is 2.15. The quantitative estimate of drug-likeness (QED) is 0.404. The van der Waals surface area contributed by atoms with Gasteiger partial charge in [-0.2, -0.15) is 5.10 Å². The number of pyridine rings is 1. The topological polar surface area (TPSA) is 98.5 Å². The number of carbonyl (C=O) groups is 1. The van der Waals surface area contributed by atoms with Crippen molar-refractivity contribution in [1.82, 2.24) is 35.0 Å². The van der Waals surface area contributed by atoms with Crippen LogP contribution in [0.25, 0.3) is 28.3 Å². The zero-order valence-electron chi connectivity index (χ0n) is 19.4. The number of benzene rings is 2. The first-order valence-electron chi connectivity index (χ1n) is 11.2. The van der Waals surface area contributed by atoms with Gasteiger partial charge in [0.05, 0.1) is 35.5 Å². The molecule has 3 aromatic heterocycles. The van der Waals surface area contributed by atoms with Gasteiger partial charge in [0, 0.05) is 29.1 Å². The molecular formula is C27H23N7O. The van der Waals surface area contributed by atoms with Crippen molar-refractivity contribution in [1.29, 1.82) is 0 Å². The van der Waals surface area contributed by atoms with Gasteiger partial charge in [-0.1, -0.05) is 36.4 Å². The lowest BCUT2D eigenvalue weighted by atomic mass is 10.0. The van der Waals surface area contributed by atoms with Crippen LogP contribution in [-0.2, 0) is 6.54 Å². The van der Waals surface area contributed by atoms with Gasteiger partial charge in [-0.05, 0) is 43.7 Å². The molecule has 35 heavy (non-hydrogen) atoms. The van der Waals surface area contributed by atoms with Crippen molar-refractivity contribution < 1.29 is 4.79 Å². The molecule has 0 atom stereocenters. The number of aromatic nitrogens is 6. The summed E-state index contributed by atoms with van der Waals surface area (Å²) in [5.74, 6) is 0.449. The number of aryl methyl sites for hydroxylation is 2. The highest BCUT2D eigenvalue weighted by Crippen LogP contribution is 2.26. The highest BCUT2D eigenvalue weighted by molar-refractivity contribution is 5.96. The number of nitrogens with zero attached hydrogens (tertiary/aromatic N) is 6. The van der Waals surface area contributed by atoms with Gasteiger partial charge in [0.1, 0.15) is 6.33 Å². The highest BCUT2D eigenvalue weighted by atomic mass is 16.1. The van der Waals surface area contributed by atoms with E-state index >= 15 is 0 Å². The normalized spacial score (nSPS) is 10.8. The van der Waals surface area contributed by atoms with Crippen LogP contribution in [-0.4, -0.2) is 35.6 Å². The second-order valence-corrected chi connectivity index (χ2v) is 8.18. The first kappa shape index (κ1) is 22.1. The van der Waals surface area contributed by atoms with Crippen LogP contribution < -0.4 is 5.32 Å². The van der Waals surface area contributed by atoms with Crippen molar-refractivity contribution in [2.24, 2.45) is 0 Å². The summed E-state index contributed by atoms with van der Waals surface area (Å²) in [7, 11) is 0. The summed E-state index contributed by atoms with van der Waals surface area (Å²) in [4.78, 5) is 30.7. The van der Waals surface area contributed by atoms with E-state index in [2.05, 4.69) is 30.4 Å². The molecule has 1 N–H and O–H groups in total. The molecule has 172 valence electrons. The van der Waals surface area contributed by atoms with Gasteiger partial charge in [-0.15, -0.1) is 0 Å². The molecule has 0 saturated carbocycles. The second-order valence-electron chi connectivity index (χ2n) is 8.18. The largest absolute Gasteiger partial charge is 0.346 e. The van der Waals surface area contributed by atoms with E-state index in [1.807, 2.05) is 74.6 Å². The molecule has 0 fully saturated rings. The van der Waals surface area contributed by atoms with E-state index in [0.717, 1.165) is 28.1 Å². The fraction of sp³-hybridized carbons (Fsp3) is 0.111. The summed E-state index contributed by atoms with van der Waals surface area (Å²) in [6, 6.07) is 19.3. The Labute approximate surface area is 202 Å². The number of hydrogen-bond donors (Lipinski definition) is 1. The summed E-state index contributed by atoms with van der Waals surface area (Å²) in [6.45, 7) is 4.13. The van der Waals surface area contributed by atoms with Crippen LogP contribution in [0.4, 0.5) is 0 Å². The van der Waals surface area contributed by atoms with E-state index in [9.17, 15) is 4.79 Å². The Morgan fingerprint density at radius 2 is 1.71 bits per heavy atom. The number of amides is 1. The second kappa shape index (κ2) is 9.64. The SMILES string of the molecule is Cc1ccc(-c2cc(C(=O)NCc3cnc(C)cn3)cc(-n3ncnc3-c3ccccc3)c2)nc1. The van der Waals surface area contributed by atoms with Gasteiger partial charge in [0.25, 0.3) is 5.91 Å². The molecule has 5 rings (SSSR count). The first-order chi connectivity index (χ1) is 17.1. The zero-order valence-corrected chi connectivity index (χ0v) is 19.4. The lowest BCUT2D eigenvalue weighted by Gasteiger charge is -2.12. The van der Waals surface area contributed by atoms with Gasteiger partial charge in [-0.3, -0.25) is 19.7 Å². The van der Waals surface area contributed by atoms with E-state index in [0.29, 0.717) is 22.8 Å². The third-order valence-electron chi connectivity index (χ3n) is 5.48. The molecule has 0 unspecified atom stereocenters. The molecule has 0 aliphatic rings. The lowest BCUT2D eigenvalue weighted by molar-refractivity contribution is 0.0950. The minimum absolute atomic E-state index is 0.232. The van der Waals surface area contributed by atoms with Crippen LogP contribution >= 0.6 is 0 Å². The van der Waals surface area contributed by atoms with E-state index in [1.165, 1.54) is 6.33 Å². The molecule has 8 nitrogen and oxygen atoms in total.